The van der Waals surface area contributed by atoms with Crippen molar-refractivity contribution in [2.45, 2.75) is 19.8 Å². The molecule has 0 aliphatic carbocycles. The second-order valence-electron chi connectivity index (χ2n) is 4.33. The van der Waals surface area contributed by atoms with Crippen molar-refractivity contribution in [3.63, 3.8) is 0 Å². The van der Waals surface area contributed by atoms with E-state index in [0.29, 0.717) is 23.9 Å². The molecule has 0 spiro atoms. The molecule has 0 unspecified atom stereocenters. The molecule has 1 amide bonds. The van der Waals surface area contributed by atoms with Gasteiger partial charge >= 0.3 is 5.97 Å². The Bertz CT molecular complexity index is 478. The molecule has 0 aromatic heterocycles. The maximum absolute atomic E-state index is 12.0. The summed E-state index contributed by atoms with van der Waals surface area (Å²) in [6.45, 7) is 3.01. The first-order valence-electron chi connectivity index (χ1n) is 6.80. The van der Waals surface area contributed by atoms with E-state index >= 15 is 0 Å². The van der Waals surface area contributed by atoms with Crippen molar-refractivity contribution in [3.8, 4) is 5.75 Å². The van der Waals surface area contributed by atoms with Gasteiger partial charge in [0.2, 0.25) is 5.91 Å². The van der Waals surface area contributed by atoms with Crippen LogP contribution in [0.4, 0.5) is 0 Å². The van der Waals surface area contributed by atoms with E-state index in [1.807, 2.05) is 19.1 Å². The summed E-state index contributed by atoms with van der Waals surface area (Å²) in [7, 11) is 1.33. The van der Waals surface area contributed by atoms with Crippen LogP contribution >= 0.6 is 11.6 Å². The van der Waals surface area contributed by atoms with Crippen molar-refractivity contribution in [1.29, 1.82) is 0 Å². The third-order valence-electron chi connectivity index (χ3n) is 2.96. The quantitative estimate of drug-likeness (QED) is 0.692. The van der Waals surface area contributed by atoms with Crippen LogP contribution in [0.2, 0.25) is 5.02 Å². The first-order chi connectivity index (χ1) is 10.1. The van der Waals surface area contributed by atoms with Crippen LogP contribution in [0.3, 0.4) is 0 Å². The lowest BCUT2D eigenvalue weighted by Gasteiger charge is -2.20. The number of carbonyl (C=O) groups is 2. The van der Waals surface area contributed by atoms with Crippen LogP contribution < -0.4 is 4.74 Å². The van der Waals surface area contributed by atoms with Gasteiger partial charge in [0.25, 0.3) is 0 Å². The van der Waals surface area contributed by atoms with E-state index in [4.69, 9.17) is 16.3 Å². The number of hydrogen-bond donors (Lipinski definition) is 0. The standard InChI is InChI=1S/C15H20ClNO4/c1-3-17(10-8-15(19)20-2)14(18)9-11-21-13-7-5-4-6-12(13)16/h4-7H,3,8-11H2,1-2H3. The van der Waals surface area contributed by atoms with Crippen LogP contribution in [0.5, 0.6) is 5.75 Å². The van der Waals surface area contributed by atoms with E-state index in [9.17, 15) is 9.59 Å². The number of benzene rings is 1. The molecule has 0 saturated carbocycles. The fraction of sp³-hybridized carbons (Fsp3) is 0.467. The molecule has 5 nitrogen and oxygen atoms in total. The van der Waals surface area contributed by atoms with Crippen molar-refractivity contribution in [1.82, 2.24) is 4.90 Å². The summed E-state index contributed by atoms with van der Waals surface area (Å²) in [5.74, 6) is 0.173. The molecule has 0 heterocycles. The summed E-state index contributed by atoms with van der Waals surface area (Å²) in [6, 6.07) is 7.11. The minimum absolute atomic E-state index is 0.0616. The summed E-state index contributed by atoms with van der Waals surface area (Å²) in [5.41, 5.74) is 0. The summed E-state index contributed by atoms with van der Waals surface area (Å²) >= 11 is 5.96. The highest BCUT2D eigenvalue weighted by Crippen LogP contribution is 2.23. The first kappa shape index (κ1) is 17.3. The molecular formula is C15H20ClNO4. The van der Waals surface area contributed by atoms with Gasteiger partial charge in [0.15, 0.2) is 0 Å². The smallest absolute Gasteiger partial charge is 0.307 e. The van der Waals surface area contributed by atoms with Gasteiger partial charge in [0.1, 0.15) is 5.75 Å². The SMILES string of the molecule is CCN(CCC(=O)OC)C(=O)CCOc1ccccc1Cl. The number of rotatable bonds is 8. The van der Waals surface area contributed by atoms with Crippen LogP contribution in [-0.2, 0) is 14.3 Å². The van der Waals surface area contributed by atoms with Gasteiger partial charge in [-0.05, 0) is 19.1 Å². The number of nitrogens with zero attached hydrogens (tertiary/aromatic N) is 1. The molecule has 0 radical (unpaired) electrons. The molecule has 0 bridgehead atoms. The van der Waals surface area contributed by atoms with Crippen molar-refractivity contribution in [2.75, 3.05) is 26.8 Å². The van der Waals surface area contributed by atoms with Crippen LogP contribution in [0.25, 0.3) is 0 Å². The zero-order chi connectivity index (χ0) is 15.7. The highest BCUT2D eigenvalue weighted by atomic mass is 35.5. The number of carbonyl (C=O) groups excluding carboxylic acids is 2. The Morgan fingerprint density at radius 3 is 2.57 bits per heavy atom. The Kier molecular flexibility index (Phi) is 7.61. The van der Waals surface area contributed by atoms with E-state index in [0.717, 1.165) is 0 Å². The average Bonchev–Trinajstić information content (AvgIpc) is 2.49. The monoisotopic (exact) mass is 313 g/mol. The maximum Gasteiger partial charge on any atom is 0.307 e. The van der Waals surface area contributed by atoms with Gasteiger partial charge < -0.3 is 14.4 Å². The molecule has 0 saturated heterocycles. The van der Waals surface area contributed by atoms with Crippen LogP contribution in [0.15, 0.2) is 24.3 Å². The second-order valence-corrected chi connectivity index (χ2v) is 4.74. The van der Waals surface area contributed by atoms with E-state index in [-0.39, 0.29) is 31.3 Å². The molecule has 0 aliphatic rings. The van der Waals surface area contributed by atoms with Crippen molar-refractivity contribution < 1.29 is 19.1 Å². The Labute approximate surface area is 129 Å². The third-order valence-corrected chi connectivity index (χ3v) is 3.27. The largest absolute Gasteiger partial charge is 0.491 e. The second kappa shape index (κ2) is 9.23. The Morgan fingerprint density at radius 1 is 1.24 bits per heavy atom. The molecule has 1 rings (SSSR count). The summed E-state index contributed by atoms with van der Waals surface area (Å²) in [4.78, 5) is 24.7. The minimum Gasteiger partial charge on any atom is -0.491 e. The topological polar surface area (TPSA) is 55.8 Å². The predicted molar refractivity (Wildman–Crippen MR) is 80.5 cm³/mol. The minimum atomic E-state index is -0.325. The summed E-state index contributed by atoms with van der Waals surface area (Å²) in [5, 5.41) is 0.517. The fourth-order valence-corrected chi connectivity index (χ4v) is 1.95. The number of esters is 1. The van der Waals surface area contributed by atoms with E-state index in [1.165, 1.54) is 7.11 Å². The molecule has 116 valence electrons. The Hall–Kier alpha value is -1.75. The van der Waals surface area contributed by atoms with Gasteiger partial charge in [-0.15, -0.1) is 0 Å². The molecule has 0 aliphatic heterocycles. The molecule has 0 atom stereocenters. The molecule has 21 heavy (non-hydrogen) atoms. The van der Waals surface area contributed by atoms with E-state index in [2.05, 4.69) is 4.74 Å². The lowest BCUT2D eigenvalue weighted by atomic mass is 10.3. The predicted octanol–water partition coefficient (Wildman–Crippen LogP) is 2.52. The van der Waals surface area contributed by atoms with Gasteiger partial charge in [-0.2, -0.15) is 0 Å². The molecular weight excluding hydrogens is 294 g/mol. The fourth-order valence-electron chi connectivity index (χ4n) is 1.76. The van der Waals surface area contributed by atoms with Gasteiger partial charge in [0.05, 0.1) is 31.6 Å². The average molecular weight is 314 g/mol. The van der Waals surface area contributed by atoms with Crippen molar-refractivity contribution in [3.05, 3.63) is 29.3 Å². The molecule has 0 N–H and O–H groups in total. The van der Waals surface area contributed by atoms with Gasteiger partial charge in [-0.3, -0.25) is 9.59 Å². The Morgan fingerprint density at radius 2 is 1.95 bits per heavy atom. The van der Waals surface area contributed by atoms with Crippen LogP contribution in [0.1, 0.15) is 19.8 Å². The number of hydrogen-bond acceptors (Lipinski definition) is 4. The molecule has 6 heteroatoms. The van der Waals surface area contributed by atoms with E-state index < -0.39 is 0 Å². The highest BCUT2D eigenvalue weighted by molar-refractivity contribution is 6.32. The zero-order valence-electron chi connectivity index (χ0n) is 12.3. The number of ether oxygens (including phenoxy) is 2. The molecule has 1 aromatic rings. The summed E-state index contributed by atoms with van der Waals surface area (Å²) < 4.78 is 10.0. The van der Waals surface area contributed by atoms with Crippen LogP contribution in [0, 0.1) is 0 Å². The van der Waals surface area contributed by atoms with Crippen LogP contribution in [-0.4, -0.2) is 43.6 Å². The number of para-hydroxylation sites is 1. The maximum atomic E-state index is 12.0. The normalized spacial score (nSPS) is 10.0. The Balaban J connectivity index is 2.37. The first-order valence-corrected chi connectivity index (χ1v) is 7.18. The number of halogens is 1. The van der Waals surface area contributed by atoms with Gasteiger partial charge in [0, 0.05) is 13.1 Å². The van der Waals surface area contributed by atoms with Gasteiger partial charge in [-0.25, -0.2) is 0 Å². The lowest BCUT2D eigenvalue weighted by molar-refractivity contribution is -0.141. The molecule has 1 aromatic carbocycles. The number of methoxy groups -OCH3 is 1. The third kappa shape index (κ3) is 6.04. The van der Waals surface area contributed by atoms with E-state index in [1.54, 1.807) is 17.0 Å². The zero-order valence-corrected chi connectivity index (χ0v) is 13.1. The molecule has 0 fully saturated rings. The van der Waals surface area contributed by atoms with Gasteiger partial charge in [-0.1, -0.05) is 23.7 Å². The summed E-state index contributed by atoms with van der Waals surface area (Å²) in [6.07, 6.45) is 0.432. The van der Waals surface area contributed by atoms with Crippen molar-refractivity contribution in [2.24, 2.45) is 0 Å². The van der Waals surface area contributed by atoms with Crippen molar-refractivity contribution >= 4 is 23.5 Å². The highest BCUT2D eigenvalue weighted by Gasteiger charge is 2.13. The number of amides is 1. The lowest BCUT2D eigenvalue weighted by Crippen LogP contribution is -2.33.